The van der Waals surface area contributed by atoms with Crippen molar-refractivity contribution in [1.29, 1.82) is 5.26 Å². The Kier molecular flexibility index (Phi) is 4.91. The average Bonchev–Trinajstić information content (AvgIpc) is 3.11. The monoisotopic (exact) mass is 434 g/mol. The number of ether oxygens (including phenoxy) is 1. The predicted octanol–water partition coefficient (Wildman–Crippen LogP) is 4.59. The third-order valence-corrected chi connectivity index (χ3v) is 6.01. The molecule has 3 heterocycles. The molecule has 0 fully saturated rings. The summed E-state index contributed by atoms with van der Waals surface area (Å²) in [6.45, 7) is 4.25. The minimum absolute atomic E-state index is 0.492. The summed E-state index contributed by atoms with van der Waals surface area (Å²) in [6.07, 6.45) is 5.47. The number of nitrogens with zero attached hydrogens (tertiary/aromatic N) is 6. The van der Waals surface area contributed by atoms with Gasteiger partial charge in [0.2, 0.25) is 17.7 Å². The van der Waals surface area contributed by atoms with Crippen LogP contribution in [0, 0.1) is 25.3 Å². The van der Waals surface area contributed by atoms with E-state index in [1.807, 2.05) is 40.7 Å². The normalized spacial score (nSPS) is 11.8. The maximum Gasteiger partial charge on any atom is 0.226 e. The molecule has 0 aliphatic carbocycles. The first-order chi connectivity index (χ1) is 16.0. The molecular formula is C26H22N6O. The quantitative estimate of drug-likeness (QED) is 0.389. The van der Waals surface area contributed by atoms with Crippen molar-refractivity contribution < 1.29 is 4.74 Å². The van der Waals surface area contributed by atoms with Crippen molar-refractivity contribution >= 4 is 21.9 Å². The number of pyridine rings is 2. The molecule has 0 aliphatic rings. The summed E-state index contributed by atoms with van der Waals surface area (Å²) >= 11 is 0. The van der Waals surface area contributed by atoms with E-state index >= 15 is 0 Å². The number of hydrogen-bond donors (Lipinski definition) is 0. The molecule has 0 atom stereocenters. The Morgan fingerprint density at radius 2 is 1.79 bits per heavy atom. The number of hydrogen-bond acceptors (Lipinski definition) is 5. The van der Waals surface area contributed by atoms with E-state index in [2.05, 4.69) is 54.2 Å². The molecule has 0 bridgehead atoms. The summed E-state index contributed by atoms with van der Waals surface area (Å²) in [5.74, 6) is 0.516. The van der Waals surface area contributed by atoms with Gasteiger partial charge in [0, 0.05) is 18.5 Å². The minimum atomic E-state index is 0.492. The highest BCUT2D eigenvalue weighted by Gasteiger charge is 2.17. The Morgan fingerprint density at radius 1 is 1.00 bits per heavy atom. The third-order valence-electron chi connectivity index (χ3n) is 6.01. The summed E-state index contributed by atoms with van der Waals surface area (Å²) in [7, 11) is 3.46. The lowest BCUT2D eigenvalue weighted by Crippen LogP contribution is -2.22. The van der Waals surface area contributed by atoms with Crippen molar-refractivity contribution in [2.75, 3.05) is 7.11 Å². The van der Waals surface area contributed by atoms with Crippen LogP contribution in [0.3, 0.4) is 0 Å². The lowest BCUT2D eigenvalue weighted by molar-refractivity contribution is 0.398. The van der Waals surface area contributed by atoms with Crippen molar-refractivity contribution in [3.05, 3.63) is 77.7 Å². The highest BCUT2D eigenvalue weighted by molar-refractivity contribution is 6.04. The predicted molar refractivity (Wildman–Crippen MR) is 128 cm³/mol. The Balaban J connectivity index is 1.92. The van der Waals surface area contributed by atoms with E-state index in [1.54, 1.807) is 19.4 Å². The van der Waals surface area contributed by atoms with E-state index in [9.17, 15) is 5.26 Å². The van der Waals surface area contributed by atoms with E-state index in [0.29, 0.717) is 11.5 Å². The van der Waals surface area contributed by atoms with Crippen LogP contribution in [-0.2, 0) is 7.05 Å². The van der Waals surface area contributed by atoms with Crippen LogP contribution in [0.5, 0.6) is 5.88 Å². The molecule has 5 rings (SSSR count). The Bertz CT molecular complexity index is 1610. The van der Waals surface area contributed by atoms with Gasteiger partial charge in [-0.05, 0) is 54.3 Å². The lowest BCUT2D eigenvalue weighted by atomic mass is 9.94. The second kappa shape index (κ2) is 7.92. The number of benzene rings is 2. The number of nitriles is 1. The van der Waals surface area contributed by atoms with Crippen molar-refractivity contribution in [2.45, 2.75) is 13.8 Å². The van der Waals surface area contributed by atoms with Gasteiger partial charge in [0.25, 0.3) is 0 Å². The summed E-state index contributed by atoms with van der Waals surface area (Å²) in [4.78, 5) is 13.2. The molecule has 0 aliphatic heterocycles. The molecule has 7 heteroatoms. The number of aromatic nitrogens is 4. The van der Waals surface area contributed by atoms with Crippen LogP contribution in [0.2, 0.25) is 0 Å². The smallest absolute Gasteiger partial charge is 0.226 e. The van der Waals surface area contributed by atoms with E-state index in [-0.39, 0.29) is 0 Å². The maximum atomic E-state index is 9.40. The standard InChI is InChI=1S/C26H22N6O/c1-16-6-5-7-17(2)24(16)18-8-10-21-20(12-18)25-22(14-28-21)31(3)26(30-15-27)32(25)19-9-11-23(33-4)29-13-19/h5-14H,1-4H3. The fraction of sp³-hybridized carbons (Fsp3) is 0.154. The molecule has 162 valence electrons. The molecule has 33 heavy (non-hydrogen) atoms. The van der Waals surface area contributed by atoms with Crippen LogP contribution >= 0.6 is 0 Å². The van der Waals surface area contributed by atoms with Crippen LogP contribution < -0.4 is 10.4 Å². The van der Waals surface area contributed by atoms with Gasteiger partial charge in [-0.15, -0.1) is 4.99 Å². The maximum absolute atomic E-state index is 9.40. The zero-order chi connectivity index (χ0) is 23.1. The van der Waals surface area contributed by atoms with E-state index in [4.69, 9.17) is 9.72 Å². The molecular weight excluding hydrogens is 412 g/mol. The van der Waals surface area contributed by atoms with Crippen LogP contribution in [-0.4, -0.2) is 26.2 Å². The Hall–Kier alpha value is -4.44. The highest BCUT2D eigenvalue weighted by Crippen LogP contribution is 2.32. The van der Waals surface area contributed by atoms with Crippen LogP contribution in [0.15, 0.2) is 65.9 Å². The molecule has 0 saturated heterocycles. The zero-order valence-electron chi connectivity index (χ0n) is 18.9. The van der Waals surface area contributed by atoms with Gasteiger partial charge < -0.3 is 9.30 Å². The molecule has 0 unspecified atom stereocenters. The number of imidazole rings is 1. The van der Waals surface area contributed by atoms with E-state index < -0.39 is 0 Å². The van der Waals surface area contributed by atoms with Gasteiger partial charge in [0.05, 0.1) is 41.7 Å². The largest absolute Gasteiger partial charge is 0.481 e. The van der Waals surface area contributed by atoms with E-state index in [1.165, 1.54) is 16.7 Å². The fourth-order valence-electron chi connectivity index (χ4n) is 4.47. The van der Waals surface area contributed by atoms with Crippen LogP contribution in [0.1, 0.15) is 11.1 Å². The molecule has 0 saturated carbocycles. The average molecular weight is 435 g/mol. The summed E-state index contributed by atoms with van der Waals surface area (Å²) in [5, 5.41) is 10.4. The van der Waals surface area contributed by atoms with Gasteiger partial charge in [-0.3, -0.25) is 9.55 Å². The Morgan fingerprint density at radius 3 is 2.45 bits per heavy atom. The number of fused-ring (bicyclic) bond motifs is 3. The van der Waals surface area contributed by atoms with Gasteiger partial charge in [-0.25, -0.2) is 4.98 Å². The molecule has 3 aromatic heterocycles. The molecule has 2 aromatic carbocycles. The van der Waals surface area contributed by atoms with Crippen LogP contribution in [0.4, 0.5) is 0 Å². The van der Waals surface area contributed by atoms with Crippen molar-refractivity contribution in [3.63, 3.8) is 0 Å². The van der Waals surface area contributed by atoms with Gasteiger partial charge in [0.1, 0.15) is 0 Å². The summed E-state index contributed by atoms with van der Waals surface area (Å²) in [5.41, 5.74) is 8.68. The first kappa shape index (κ1) is 20.5. The number of methoxy groups -OCH3 is 1. The SMILES string of the molecule is COc1ccc(-n2c(=NC#N)n(C)c3cnc4ccc(-c5c(C)cccc5C)cc4c32)cn1. The van der Waals surface area contributed by atoms with Gasteiger partial charge in [-0.2, -0.15) is 5.26 Å². The second-order valence-electron chi connectivity index (χ2n) is 7.96. The molecule has 7 nitrogen and oxygen atoms in total. The zero-order valence-corrected chi connectivity index (χ0v) is 18.9. The van der Waals surface area contributed by atoms with Gasteiger partial charge in [0.15, 0.2) is 0 Å². The number of aryl methyl sites for hydroxylation is 3. The van der Waals surface area contributed by atoms with Crippen LogP contribution in [0.25, 0.3) is 38.8 Å². The molecule has 0 N–H and O–H groups in total. The molecule has 0 radical (unpaired) electrons. The van der Waals surface area contributed by atoms with Gasteiger partial charge in [-0.1, -0.05) is 24.3 Å². The second-order valence-corrected chi connectivity index (χ2v) is 7.96. The first-order valence-corrected chi connectivity index (χ1v) is 10.5. The minimum Gasteiger partial charge on any atom is -0.481 e. The molecule has 5 aromatic rings. The summed E-state index contributed by atoms with van der Waals surface area (Å²) < 4.78 is 9.05. The molecule has 0 spiro atoms. The first-order valence-electron chi connectivity index (χ1n) is 10.5. The lowest BCUT2D eigenvalue weighted by Gasteiger charge is -2.12. The fourth-order valence-corrected chi connectivity index (χ4v) is 4.47. The Labute approximate surface area is 190 Å². The van der Waals surface area contributed by atoms with Gasteiger partial charge >= 0.3 is 0 Å². The topological polar surface area (TPSA) is 81.0 Å². The van der Waals surface area contributed by atoms with E-state index in [0.717, 1.165) is 33.2 Å². The molecule has 0 amide bonds. The number of rotatable bonds is 3. The van der Waals surface area contributed by atoms with Crippen molar-refractivity contribution in [3.8, 4) is 28.9 Å². The third kappa shape index (κ3) is 3.24. The highest BCUT2D eigenvalue weighted by atomic mass is 16.5. The van der Waals surface area contributed by atoms with Crippen molar-refractivity contribution in [2.24, 2.45) is 12.0 Å². The summed E-state index contributed by atoms with van der Waals surface area (Å²) in [6, 6.07) is 16.4. The van der Waals surface area contributed by atoms with Crippen molar-refractivity contribution in [1.82, 2.24) is 19.1 Å².